The standard InChI is InChI=1S/C12H13F3N6O/c1-20(10-8-9(17-5-16-8)18-6-19-10)7-2-3-21(11(7)22)4-12(13,14)15/h5-7H,2-4H2,1H3,(H,16,17,18,19)/t7-/m1/s1. The third-order valence-electron chi connectivity index (χ3n) is 3.64. The molecule has 2 aromatic heterocycles. The maximum atomic E-state index is 12.5. The van der Waals surface area contributed by atoms with E-state index in [9.17, 15) is 18.0 Å². The molecule has 3 rings (SSSR count). The van der Waals surface area contributed by atoms with E-state index in [0.29, 0.717) is 23.4 Å². The number of nitrogens with zero attached hydrogens (tertiary/aromatic N) is 5. The van der Waals surface area contributed by atoms with Gasteiger partial charge in [-0.05, 0) is 6.42 Å². The summed E-state index contributed by atoms with van der Waals surface area (Å²) in [5, 5.41) is 0. The van der Waals surface area contributed by atoms with Crippen LogP contribution in [0.2, 0.25) is 0 Å². The van der Waals surface area contributed by atoms with Crippen LogP contribution in [-0.4, -0.2) is 63.1 Å². The number of rotatable bonds is 3. The van der Waals surface area contributed by atoms with Crippen molar-refractivity contribution in [3.63, 3.8) is 0 Å². The van der Waals surface area contributed by atoms with Crippen molar-refractivity contribution >= 4 is 22.9 Å². The molecule has 0 aliphatic carbocycles. The van der Waals surface area contributed by atoms with E-state index in [4.69, 9.17) is 0 Å². The van der Waals surface area contributed by atoms with Crippen LogP contribution in [0.1, 0.15) is 6.42 Å². The smallest absolute Gasteiger partial charge is 0.346 e. The number of aromatic nitrogens is 4. The molecule has 0 bridgehead atoms. The second kappa shape index (κ2) is 5.11. The minimum Gasteiger partial charge on any atom is -0.346 e. The van der Waals surface area contributed by atoms with Gasteiger partial charge in [-0.25, -0.2) is 15.0 Å². The number of alkyl halides is 3. The Balaban J connectivity index is 1.83. The summed E-state index contributed by atoms with van der Waals surface area (Å²) in [6, 6.07) is -0.677. The lowest BCUT2D eigenvalue weighted by atomic mass is 10.2. The summed E-state index contributed by atoms with van der Waals surface area (Å²) in [5.41, 5.74) is 0.988. The number of fused-ring (bicyclic) bond motifs is 1. The quantitative estimate of drug-likeness (QED) is 0.913. The molecule has 10 heteroatoms. The van der Waals surface area contributed by atoms with Crippen LogP contribution in [0.25, 0.3) is 11.2 Å². The molecule has 1 fully saturated rings. The topological polar surface area (TPSA) is 78.0 Å². The Morgan fingerprint density at radius 1 is 1.41 bits per heavy atom. The number of carbonyl (C=O) groups is 1. The average Bonchev–Trinajstić information content (AvgIpc) is 3.04. The van der Waals surface area contributed by atoms with E-state index in [1.807, 2.05) is 0 Å². The third kappa shape index (κ3) is 2.55. The van der Waals surface area contributed by atoms with Crippen molar-refractivity contribution in [2.75, 3.05) is 25.0 Å². The van der Waals surface area contributed by atoms with Gasteiger partial charge in [-0.15, -0.1) is 0 Å². The summed E-state index contributed by atoms with van der Waals surface area (Å²) in [6.07, 6.45) is -1.33. The highest BCUT2D eigenvalue weighted by Gasteiger charge is 2.41. The van der Waals surface area contributed by atoms with Crippen LogP contribution in [0.15, 0.2) is 12.7 Å². The van der Waals surface area contributed by atoms with E-state index in [0.717, 1.165) is 4.90 Å². The summed E-state index contributed by atoms with van der Waals surface area (Å²) < 4.78 is 37.4. The van der Waals surface area contributed by atoms with Gasteiger partial charge in [-0.2, -0.15) is 13.2 Å². The zero-order chi connectivity index (χ0) is 15.9. The first kappa shape index (κ1) is 14.5. The molecule has 1 saturated heterocycles. The van der Waals surface area contributed by atoms with Crippen LogP contribution in [0.5, 0.6) is 0 Å². The number of hydrogen-bond donors (Lipinski definition) is 1. The van der Waals surface area contributed by atoms with Gasteiger partial charge in [0.25, 0.3) is 0 Å². The maximum Gasteiger partial charge on any atom is 0.406 e. The van der Waals surface area contributed by atoms with E-state index < -0.39 is 24.7 Å². The number of halogens is 3. The molecule has 3 heterocycles. The van der Waals surface area contributed by atoms with Crippen LogP contribution in [0, 0.1) is 0 Å². The molecule has 1 amide bonds. The molecule has 0 saturated carbocycles. The summed E-state index contributed by atoms with van der Waals surface area (Å²) >= 11 is 0. The van der Waals surface area contributed by atoms with Crippen LogP contribution in [0.3, 0.4) is 0 Å². The molecule has 0 radical (unpaired) electrons. The number of likely N-dealkylation sites (N-methyl/N-ethyl adjacent to an activating group) is 1. The molecule has 2 aromatic rings. The van der Waals surface area contributed by atoms with Gasteiger partial charge in [0.15, 0.2) is 11.5 Å². The molecular weight excluding hydrogens is 301 g/mol. The SMILES string of the molecule is CN(c1ncnc2nc[nH]c12)[C@@H]1CCN(CC(F)(F)F)C1=O. The van der Waals surface area contributed by atoms with E-state index >= 15 is 0 Å². The van der Waals surface area contributed by atoms with Crippen LogP contribution in [-0.2, 0) is 4.79 Å². The predicted octanol–water partition coefficient (Wildman–Crippen LogP) is 0.952. The molecule has 7 nitrogen and oxygen atoms in total. The minimum atomic E-state index is -4.39. The van der Waals surface area contributed by atoms with E-state index in [-0.39, 0.29) is 6.54 Å². The van der Waals surface area contributed by atoms with Crippen LogP contribution < -0.4 is 4.90 Å². The third-order valence-corrected chi connectivity index (χ3v) is 3.64. The van der Waals surface area contributed by atoms with Gasteiger partial charge in [0.2, 0.25) is 5.91 Å². The van der Waals surface area contributed by atoms with Crippen molar-refractivity contribution < 1.29 is 18.0 Å². The lowest BCUT2D eigenvalue weighted by Crippen LogP contribution is -2.43. The number of aromatic amines is 1. The van der Waals surface area contributed by atoms with Gasteiger partial charge in [-0.3, -0.25) is 4.79 Å². The van der Waals surface area contributed by atoms with Crippen molar-refractivity contribution in [2.24, 2.45) is 0 Å². The largest absolute Gasteiger partial charge is 0.406 e. The molecule has 0 unspecified atom stereocenters. The van der Waals surface area contributed by atoms with Crippen molar-refractivity contribution in [3.05, 3.63) is 12.7 Å². The molecule has 1 N–H and O–H groups in total. The highest BCUT2D eigenvalue weighted by molar-refractivity contribution is 5.90. The second-order valence-corrected chi connectivity index (χ2v) is 5.09. The lowest BCUT2D eigenvalue weighted by molar-refractivity contribution is -0.157. The number of likely N-dealkylation sites (tertiary alicyclic amines) is 1. The van der Waals surface area contributed by atoms with Crippen molar-refractivity contribution in [2.45, 2.75) is 18.6 Å². The number of carbonyl (C=O) groups excluding carboxylic acids is 1. The molecule has 1 atom stereocenters. The first-order chi connectivity index (χ1) is 10.4. The second-order valence-electron chi connectivity index (χ2n) is 5.09. The molecule has 118 valence electrons. The van der Waals surface area contributed by atoms with Crippen molar-refractivity contribution in [1.82, 2.24) is 24.8 Å². The first-order valence-corrected chi connectivity index (χ1v) is 6.59. The number of amides is 1. The Morgan fingerprint density at radius 3 is 2.91 bits per heavy atom. The summed E-state index contributed by atoms with van der Waals surface area (Å²) in [5.74, 6) is -0.110. The number of imidazole rings is 1. The first-order valence-electron chi connectivity index (χ1n) is 6.59. The summed E-state index contributed by atoms with van der Waals surface area (Å²) in [6.45, 7) is -1.15. The normalized spacial score (nSPS) is 19.2. The lowest BCUT2D eigenvalue weighted by Gasteiger charge is -2.25. The average molecular weight is 314 g/mol. The van der Waals surface area contributed by atoms with Crippen LogP contribution in [0.4, 0.5) is 19.0 Å². The van der Waals surface area contributed by atoms with Gasteiger partial charge >= 0.3 is 6.18 Å². The van der Waals surface area contributed by atoms with Gasteiger partial charge in [0.1, 0.15) is 24.4 Å². The number of hydrogen-bond acceptors (Lipinski definition) is 5. The molecule has 0 spiro atoms. The van der Waals surface area contributed by atoms with Gasteiger partial charge < -0.3 is 14.8 Å². The van der Waals surface area contributed by atoms with Gasteiger partial charge in [0.05, 0.1) is 6.33 Å². The molecule has 0 aromatic carbocycles. The number of anilines is 1. The highest BCUT2D eigenvalue weighted by Crippen LogP contribution is 2.27. The van der Waals surface area contributed by atoms with Crippen molar-refractivity contribution in [1.29, 1.82) is 0 Å². The number of H-pyrrole nitrogens is 1. The fraction of sp³-hybridized carbons (Fsp3) is 0.500. The molecular formula is C12H13F3N6O. The van der Waals surface area contributed by atoms with E-state index in [2.05, 4.69) is 19.9 Å². The molecule has 22 heavy (non-hydrogen) atoms. The van der Waals surface area contributed by atoms with Crippen molar-refractivity contribution in [3.8, 4) is 0 Å². The Hall–Kier alpha value is -2.39. The van der Waals surface area contributed by atoms with Gasteiger partial charge in [-0.1, -0.05) is 0 Å². The van der Waals surface area contributed by atoms with Gasteiger partial charge in [0, 0.05) is 13.6 Å². The minimum absolute atomic E-state index is 0.0740. The van der Waals surface area contributed by atoms with E-state index in [1.54, 1.807) is 11.9 Å². The summed E-state index contributed by atoms with van der Waals surface area (Å²) in [7, 11) is 1.63. The maximum absolute atomic E-state index is 12.5. The summed E-state index contributed by atoms with van der Waals surface area (Å²) in [4.78, 5) is 29.5. The Bertz CT molecular complexity index is 699. The monoisotopic (exact) mass is 314 g/mol. The van der Waals surface area contributed by atoms with E-state index in [1.165, 1.54) is 12.7 Å². The molecule has 1 aliphatic heterocycles. The number of nitrogens with one attached hydrogen (secondary N) is 1. The predicted molar refractivity (Wildman–Crippen MR) is 71.1 cm³/mol. The zero-order valence-electron chi connectivity index (χ0n) is 11.6. The van der Waals surface area contributed by atoms with Crippen LogP contribution >= 0.6 is 0 Å². The fourth-order valence-electron chi connectivity index (χ4n) is 2.62. The Kier molecular flexibility index (Phi) is 3.38. The molecule has 1 aliphatic rings. The Labute approximate surface area is 123 Å². The fourth-order valence-corrected chi connectivity index (χ4v) is 2.62. The Morgan fingerprint density at radius 2 is 2.18 bits per heavy atom. The zero-order valence-corrected chi connectivity index (χ0v) is 11.6. The highest BCUT2D eigenvalue weighted by atomic mass is 19.4.